The van der Waals surface area contributed by atoms with E-state index >= 15 is 4.39 Å². The number of rotatable bonds is 16. The second-order valence-corrected chi connectivity index (χ2v) is 16.3. The van der Waals surface area contributed by atoms with Crippen LogP contribution < -0.4 is 24.6 Å². The van der Waals surface area contributed by atoms with Gasteiger partial charge in [0.05, 0.1) is 33.9 Å². The summed E-state index contributed by atoms with van der Waals surface area (Å²) in [5.74, 6) is -3.44. The normalized spacial score (nSPS) is 14.2. The molecule has 2 aliphatic heterocycles. The quantitative estimate of drug-likeness (QED) is 0.0762. The lowest BCUT2D eigenvalue weighted by Crippen LogP contribution is -2.52. The van der Waals surface area contributed by atoms with Crippen molar-refractivity contribution >= 4 is 35.1 Å². The van der Waals surface area contributed by atoms with Crippen LogP contribution in [0.3, 0.4) is 0 Å². The number of piperazine rings is 2. The molecule has 2 saturated heterocycles. The average molecular weight is 996 g/mol. The number of alkyl halides is 4. The van der Waals surface area contributed by atoms with Crippen LogP contribution in [-0.2, 0) is 17.9 Å². The Hall–Kier alpha value is -7.20. The Morgan fingerprint density at radius 2 is 1.11 bits per heavy atom. The van der Waals surface area contributed by atoms with Crippen molar-refractivity contribution < 1.29 is 59.4 Å². The lowest BCUT2D eigenvalue weighted by molar-refractivity contribution is -0.131. The summed E-state index contributed by atoms with van der Waals surface area (Å²) in [5.41, 5.74) is 1.65. The van der Waals surface area contributed by atoms with E-state index in [1.807, 2.05) is 0 Å². The van der Waals surface area contributed by atoms with Crippen LogP contribution >= 0.6 is 0 Å². The highest BCUT2D eigenvalue weighted by Gasteiger charge is 2.29. The standard InChI is InChI=1S/C25H29F3N4O4.C24H26F3N5O3/c1-3-30-10-12-31(13-11-30)25(35)32(19-6-8-20(36-2)9-7-19)16-18-5-4-17(14-21(18)26)22(33)15-29-24(34)23(27)28;1-3-30-10-12-31(13-11-30)24(33)32(18-6-8-19(34-2)9-7-18)15-17-5-4-16(14-20(17)25)22-28-29-23(35-22)21(26)27/h4-9,14,23H,3,10-13,15-16H2,1-2H3,(H,29,34);4-9,14,21H,3,10-13,15H2,1-2H3. The maximum Gasteiger partial charge on any atom is 0.324 e. The highest BCUT2D eigenvalue weighted by Crippen LogP contribution is 2.29. The second-order valence-electron chi connectivity index (χ2n) is 16.3. The van der Waals surface area contributed by atoms with Crippen molar-refractivity contribution in [1.29, 1.82) is 0 Å². The first-order chi connectivity index (χ1) is 34.1. The molecular formula is C49H55F6N9O7. The number of carbonyl (C=O) groups excluding carboxylic acids is 4. The van der Waals surface area contributed by atoms with Gasteiger partial charge in [0.25, 0.3) is 11.8 Å². The predicted octanol–water partition coefficient (Wildman–Crippen LogP) is 7.75. The van der Waals surface area contributed by atoms with Gasteiger partial charge in [0.2, 0.25) is 5.89 Å². The van der Waals surface area contributed by atoms with Crippen LogP contribution in [0.25, 0.3) is 11.5 Å². The van der Waals surface area contributed by atoms with Crippen molar-refractivity contribution in [1.82, 2.24) is 35.1 Å². The third kappa shape index (κ3) is 14.0. The molecule has 0 bridgehead atoms. The van der Waals surface area contributed by atoms with Crippen molar-refractivity contribution in [2.75, 3.05) is 96.0 Å². The van der Waals surface area contributed by atoms with Crippen LogP contribution in [0.4, 0.5) is 47.3 Å². The molecule has 2 fully saturated rings. The number of hydrogen-bond acceptors (Lipinski definition) is 11. The molecule has 1 aromatic heterocycles. The van der Waals surface area contributed by atoms with E-state index in [0.29, 0.717) is 49.1 Å². The van der Waals surface area contributed by atoms with Crippen molar-refractivity contribution in [3.05, 3.63) is 119 Å². The number of ether oxygens (including phenoxy) is 2. The molecule has 0 saturated carbocycles. The minimum Gasteiger partial charge on any atom is -0.497 e. The summed E-state index contributed by atoms with van der Waals surface area (Å²) >= 11 is 0. The summed E-state index contributed by atoms with van der Waals surface area (Å²) in [6.07, 6.45) is -6.16. The van der Waals surface area contributed by atoms with E-state index in [9.17, 15) is 41.1 Å². The Bertz CT molecular complexity index is 2570. The van der Waals surface area contributed by atoms with Gasteiger partial charge in [-0.25, -0.2) is 18.4 Å². The number of benzene rings is 4. The van der Waals surface area contributed by atoms with Crippen LogP contribution in [0.15, 0.2) is 89.3 Å². The number of ketones is 1. The van der Waals surface area contributed by atoms with Crippen molar-refractivity contribution in [2.24, 2.45) is 0 Å². The van der Waals surface area contributed by atoms with Gasteiger partial charge >= 0.3 is 24.9 Å². The highest BCUT2D eigenvalue weighted by atomic mass is 19.3. The number of likely N-dealkylation sites (N-methyl/N-ethyl adjacent to an activating group) is 2. The zero-order valence-electron chi connectivity index (χ0n) is 39.6. The molecule has 0 aliphatic carbocycles. The molecule has 1 N–H and O–H groups in total. The third-order valence-corrected chi connectivity index (χ3v) is 12.0. The molecule has 7 rings (SSSR count). The molecule has 380 valence electrons. The molecule has 3 heterocycles. The molecule has 5 amide bonds. The number of aromatic nitrogens is 2. The lowest BCUT2D eigenvalue weighted by atomic mass is 10.1. The minimum atomic E-state index is -3.25. The van der Waals surface area contributed by atoms with E-state index in [-0.39, 0.29) is 53.3 Å². The molecule has 2 aliphatic rings. The first-order valence-electron chi connectivity index (χ1n) is 22.8. The Labute approximate surface area is 406 Å². The maximum absolute atomic E-state index is 15.1. The van der Waals surface area contributed by atoms with Gasteiger partial charge in [-0.3, -0.25) is 19.4 Å². The van der Waals surface area contributed by atoms with Gasteiger partial charge in [-0.1, -0.05) is 32.0 Å². The molecular weight excluding hydrogens is 941 g/mol. The molecule has 0 unspecified atom stereocenters. The van der Waals surface area contributed by atoms with E-state index < -0.39 is 48.6 Å². The van der Waals surface area contributed by atoms with E-state index in [4.69, 9.17) is 13.9 Å². The SMILES string of the molecule is CCN1CCN(C(=O)N(Cc2ccc(-c3nnc(C(F)F)o3)cc2F)c2ccc(OC)cc2)CC1.CCN1CCN(C(=O)N(Cc2ccc(C(=O)CNC(=O)C(F)F)cc2F)c2ccc(OC)cc2)CC1. The van der Waals surface area contributed by atoms with Gasteiger partial charge in [-0.2, -0.15) is 17.6 Å². The van der Waals surface area contributed by atoms with Crippen molar-refractivity contribution in [3.63, 3.8) is 0 Å². The van der Waals surface area contributed by atoms with Gasteiger partial charge in [0.15, 0.2) is 5.78 Å². The van der Waals surface area contributed by atoms with Gasteiger partial charge < -0.3 is 38.8 Å². The Kier molecular flexibility index (Phi) is 18.8. The lowest BCUT2D eigenvalue weighted by Gasteiger charge is -2.37. The van der Waals surface area contributed by atoms with E-state index in [0.717, 1.165) is 51.4 Å². The Morgan fingerprint density at radius 3 is 1.51 bits per heavy atom. The van der Waals surface area contributed by atoms with Gasteiger partial charge in [0.1, 0.15) is 23.1 Å². The summed E-state index contributed by atoms with van der Waals surface area (Å²) in [4.78, 5) is 61.1. The fourth-order valence-electron chi connectivity index (χ4n) is 7.70. The molecule has 0 spiro atoms. The number of methoxy groups -OCH3 is 2. The predicted molar refractivity (Wildman–Crippen MR) is 251 cm³/mol. The van der Waals surface area contributed by atoms with Crippen molar-refractivity contribution in [2.45, 2.75) is 39.8 Å². The molecule has 0 radical (unpaired) electrons. The smallest absolute Gasteiger partial charge is 0.324 e. The Balaban J connectivity index is 0.000000232. The second kappa shape index (κ2) is 25.1. The van der Waals surface area contributed by atoms with Crippen LogP contribution in [0.5, 0.6) is 11.5 Å². The fraction of sp³-hybridized carbons (Fsp3) is 0.388. The molecule has 4 aromatic carbocycles. The van der Waals surface area contributed by atoms with Crippen LogP contribution in [-0.4, -0.2) is 146 Å². The number of hydrogen-bond donors (Lipinski definition) is 1. The number of Topliss-reactive ketones (excluding diaryl/α,β-unsaturated/α-hetero) is 1. The largest absolute Gasteiger partial charge is 0.497 e. The fourth-order valence-corrected chi connectivity index (χ4v) is 7.70. The van der Waals surface area contributed by atoms with Crippen LogP contribution in [0.2, 0.25) is 0 Å². The van der Waals surface area contributed by atoms with E-state index in [1.54, 1.807) is 70.8 Å². The highest BCUT2D eigenvalue weighted by molar-refractivity contribution is 5.99. The van der Waals surface area contributed by atoms with Gasteiger partial charge in [-0.15, -0.1) is 10.2 Å². The number of amides is 5. The molecule has 22 heteroatoms. The van der Waals surface area contributed by atoms with E-state index in [2.05, 4.69) is 33.8 Å². The van der Waals surface area contributed by atoms with Gasteiger partial charge in [0, 0.05) is 86.0 Å². The summed E-state index contributed by atoms with van der Waals surface area (Å²) < 4.78 is 95.5. The summed E-state index contributed by atoms with van der Waals surface area (Å²) in [6, 6.07) is 21.1. The molecule has 16 nitrogen and oxygen atoms in total. The van der Waals surface area contributed by atoms with Gasteiger partial charge in [-0.05, 0) is 79.8 Å². The number of nitrogens with zero attached hydrogens (tertiary/aromatic N) is 8. The summed E-state index contributed by atoms with van der Waals surface area (Å²) in [5, 5.41) is 8.63. The summed E-state index contributed by atoms with van der Waals surface area (Å²) in [6.45, 7) is 10.4. The van der Waals surface area contributed by atoms with Crippen molar-refractivity contribution in [3.8, 4) is 23.0 Å². The van der Waals surface area contributed by atoms with Crippen LogP contribution in [0, 0.1) is 11.6 Å². The average Bonchev–Trinajstić information content (AvgIpc) is 3.91. The first-order valence-corrected chi connectivity index (χ1v) is 22.8. The van der Waals surface area contributed by atoms with Crippen LogP contribution in [0.1, 0.15) is 47.6 Å². The number of urea groups is 2. The number of anilines is 2. The first kappa shape index (κ1) is 53.2. The third-order valence-electron chi connectivity index (χ3n) is 12.0. The number of halogens is 6. The molecule has 0 atom stereocenters. The Morgan fingerprint density at radius 1 is 0.648 bits per heavy atom. The topological polar surface area (TPSA) is 157 Å². The number of carbonyl (C=O) groups is 4. The maximum atomic E-state index is 15.1. The monoisotopic (exact) mass is 995 g/mol. The summed E-state index contributed by atoms with van der Waals surface area (Å²) in [7, 11) is 3.08. The zero-order valence-corrected chi connectivity index (χ0v) is 39.6. The zero-order chi connectivity index (χ0) is 51.2. The molecule has 71 heavy (non-hydrogen) atoms. The number of nitrogens with one attached hydrogen (secondary N) is 1. The van der Waals surface area contributed by atoms with E-state index in [1.165, 1.54) is 41.2 Å². The minimum absolute atomic E-state index is 0.0304. The molecule has 5 aromatic rings.